The molecule has 0 aliphatic carbocycles. The first-order valence-corrected chi connectivity index (χ1v) is 12.2. The van der Waals surface area contributed by atoms with E-state index in [9.17, 15) is 14.7 Å². The van der Waals surface area contributed by atoms with E-state index in [1.807, 2.05) is 77.7 Å². The van der Waals surface area contributed by atoms with E-state index in [-0.39, 0.29) is 25.2 Å². The Labute approximate surface area is 216 Å². The largest absolute Gasteiger partial charge is 0.497 e. The van der Waals surface area contributed by atoms with Gasteiger partial charge in [0.2, 0.25) is 12.7 Å². The van der Waals surface area contributed by atoms with Crippen molar-refractivity contribution < 1.29 is 28.9 Å². The van der Waals surface area contributed by atoms with Gasteiger partial charge in [-0.05, 0) is 41.0 Å². The summed E-state index contributed by atoms with van der Waals surface area (Å²) < 4.78 is 16.3. The van der Waals surface area contributed by atoms with Gasteiger partial charge in [0.15, 0.2) is 11.5 Å². The number of ether oxygens (including phenoxy) is 3. The van der Waals surface area contributed by atoms with Gasteiger partial charge in [-0.2, -0.15) is 0 Å². The van der Waals surface area contributed by atoms with Gasteiger partial charge >= 0.3 is 5.97 Å². The summed E-state index contributed by atoms with van der Waals surface area (Å²) in [6.45, 7) is 1.15. The number of carbonyl (C=O) groups is 2. The molecular weight excluding hydrogens is 472 g/mol. The lowest BCUT2D eigenvalue weighted by Crippen LogP contribution is -2.39. The van der Waals surface area contributed by atoms with Crippen molar-refractivity contribution in [3.63, 3.8) is 0 Å². The number of carboxylic acids is 1. The second-order valence-corrected chi connectivity index (χ2v) is 9.47. The van der Waals surface area contributed by atoms with Crippen molar-refractivity contribution in [2.75, 3.05) is 34.0 Å². The highest BCUT2D eigenvalue weighted by atomic mass is 16.7. The molecule has 5 rings (SSSR count). The van der Waals surface area contributed by atoms with Crippen LogP contribution >= 0.6 is 0 Å². The van der Waals surface area contributed by atoms with Crippen molar-refractivity contribution >= 4 is 11.9 Å². The number of likely N-dealkylation sites (tertiary alicyclic amines) is 1. The summed E-state index contributed by atoms with van der Waals surface area (Å²) in [6.07, 6.45) is 0. The van der Waals surface area contributed by atoms with Crippen LogP contribution in [0, 0.1) is 5.92 Å². The molecule has 1 N–H and O–H groups in total. The van der Waals surface area contributed by atoms with Crippen molar-refractivity contribution in [1.29, 1.82) is 0 Å². The molecule has 192 valence electrons. The fraction of sp³-hybridized carbons (Fsp3) is 0.310. The van der Waals surface area contributed by atoms with Crippen LogP contribution < -0.4 is 14.2 Å². The van der Waals surface area contributed by atoms with Crippen LogP contribution in [0.25, 0.3) is 0 Å². The van der Waals surface area contributed by atoms with Crippen LogP contribution in [0.1, 0.15) is 28.7 Å². The Morgan fingerprint density at radius 2 is 1.70 bits per heavy atom. The van der Waals surface area contributed by atoms with Crippen molar-refractivity contribution in [2.45, 2.75) is 18.5 Å². The Morgan fingerprint density at radius 1 is 1.00 bits per heavy atom. The number of amides is 1. The van der Waals surface area contributed by atoms with E-state index in [2.05, 4.69) is 0 Å². The van der Waals surface area contributed by atoms with E-state index in [1.54, 1.807) is 19.1 Å². The molecule has 3 atom stereocenters. The van der Waals surface area contributed by atoms with Crippen molar-refractivity contribution in [2.24, 2.45) is 5.92 Å². The third-order valence-corrected chi connectivity index (χ3v) is 7.19. The Hall–Kier alpha value is -4.04. The van der Waals surface area contributed by atoms with Crippen LogP contribution in [0.4, 0.5) is 0 Å². The SMILES string of the molecule is COc1ccc([C@@H]2[C@@H](C(=O)O)C(c3ccc4c(c3)OCO4)CN2CC(=O)N(C)Cc2ccccc2)cc1. The molecule has 1 unspecified atom stereocenters. The minimum Gasteiger partial charge on any atom is -0.497 e. The van der Waals surface area contributed by atoms with E-state index < -0.39 is 17.9 Å². The van der Waals surface area contributed by atoms with E-state index in [0.29, 0.717) is 30.3 Å². The highest BCUT2D eigenvalue weighted by Crippen LogP contribution is 2.47. The lowest BCUT2D eigenvalue weighted by Gasteiger charge is -2.28. The van der Waals surface area contributed by atoms with Crippen LogP contribution in [-0.2, 0) is 16.1 Å². The molecule has 1 fully saturated rings. The van der Waals surface area contributed by atoms with Gasteiger partial charge in [0.05, 0.1) is 19.6 Å². The average Bonchev–Trinajstić information content (AvgIpc) is 3.53. The van der Waals surface area contributed by atoms with Crippen LogP contribution in [0.15, 0.2) is 72.8 Å². The second-order valence-electron chi connectivity index (χ2n) is 9.47. The Morgan fingerprint density at radius 3 is 2.41 bits per heavy atom. The number of carbonyl (C=O) groups excluding carboxylic acids is 1. The maximum Gasteiger partial charge on any atom is 0.309 e. The van der Waals surface area contributed by atoms with E-state index in [4.69, 9.17) is 14.2 Å². The van der Waals surface area contributed by atoms with Gasteiger partial charge < -0.3 is 24.2 Å². The third-order valence-electron chi connectivity index (χ3n) is 7.19. The van der Waals surface area contributed by atoms with E-state index in [0.717, 1.165) is 16.7 Å². The number of likely N-dealkylation sites (N-methyl/N-ethyl adjacent to an activating group) is 1. The highest BCUT2D eigenvalue weighted by molar-refractivity contribution is 5.79. The number of hydrogen-bond donors (Lipinski definition) is 1. The first-order chi connectivity index (χ1) is 17.9. The van der Waals surface area contributed by atoms with Gasteiger partial charge in [0.25, 0.3) is 0 Å². The Bertz CT molecular complexity index is 1260. The molecule has 0 spiro atoms. The number of aliphatic carboxylic acids is 1. The fourth-order valence-corrected chi connectivity index (χ4v) is 5.31. The number of fused-ring (bicyclic) bond motifs is 1. The minimum atomic E-state index is -0.906. The van der Waals surface area contributed by atoms with Crippen molar-refractivity contribution in [3.05, 3.63) is 89.5 Å². The molecule has 0 aromatic heterocycles. The second kappa shape index (κ2) is 10.5. The summed E-state index contributed by atoms with van der Waals surface area (Å²) in [7, 11) is 3.37. The molecule has 3 aromatic rings. The van der Waals surface area contributed by atoms with Crippen LogP contribution in [0.2, 0.25) is 0 Å². The lowest BCUT2D eigenvalue weighted by molar-refractivity contribution is -0.143. The molecule has 8 nitrogen and oxygen atoms in total. The first kappa shape index (κ1) is 24.6. The lowest BCUT2D eigenvalue weighted by atomic mass is 9.82. The molecule has 0 saturated carbocycles. The molecular formula is C29H30N2O6. The fourth-order valence-electron chi connectivity index (χ4n) is 5.31. The van der Waals surface area contributed by atoms with E-state index >= 15 is 0 Å². The van der Waals surface area contributed by atoms with Crippen LogP contribution in [-0.4, -0.2) is 60.8 Å². The summed E-state index contributed by atoms with van der Waals surface area (Å²) in [5.74, 6) is -0.137. The van der Waals surface area contributed by atoms with Gasteiger partial charge in [-0.3, -0.25) is 14.5 Å². The molecule has 1 saturated heterocycles. The number of nitrogens with zero attached hydrogens (tertiary/aromatic N) is 2. The minimum absolute atomic E-state index is 0.0714. The molecule has 37 heavy (non-hydrogen) atoms. The standard InChI is InChI=1S/C29H30N2O6/c1-30(15-19-6-4-3-5-7-19)26(32)17-31-16-23(21-10-13-24-25(14-21)37-18-36-24)27(29(33)34)28(31)20-8-11-22(35-2)12-9-20/h3-14,23,27-28H,15-18H2,1-2H3,(H,33,34)/t23?,27-,28+/m0/s1. The van der Waals surface area contributed by atoms with Crippen LogP contribution in [0.5, 0.6) is 17.2 Å². The maximum absolute atomic E-state index is 13.3. The first-order valence-electron chi connectivity index (χ1n) is 12.2. The van der Waals surface area contributed by atoms with Gasteiger partial charge in [0.1, 0.15) is 5.75 Å². The zero-order valence-corrected chi connectivity index (χ0v) is 20.9. The maximum atomic E-state index is 13.3. The summed E-state index contributed by atoms with van der Waals surface area (Å²) in [5, 5.41) is 10.4. The summed E-state index contributed by atoms with van der Waals surface area (Å²) in [6, 6.07) is 22.3. The molecule has 2 heterocycles. The van der Waals surface area contributed by atoms with Gasteiger partial charge in [-0.25, -0.2) is 0 Å². The molecule has 3 aromatic carbocycles. The van der Waals surface area contributed by atoms with Crippen molar-refractivity contribution in [3.8, 4) is 17.2 Å². The van der Waals surface area contributed by atoms with Gasteiger partial charge in [-0.1, -0.05) is 48.5 Å². The highest BCUT2D eigenvalue weighted by Gasteiger charge is 2.48. The molecule has 2 aliphatic heterocycles. The molecule has 8 heteroatoms. The predicted molar refractivity (Wildman–Crippen MR) is 137 cm³/mol. The summed E-state index contributed by atoms with van der Waals surface area (Å²) in [4.78, 5) is 29.7. The van der Waals surface area contributed by atoms with E-state index in [1.165, 1.54) is 0 Å². The predicted octanol–water partition coefficient (Wildman–Crippen LogP) is 3.92. The topological polar surface area (TPSA) is 88.5 Å². The Balaban J connectivity index is 1.45. The Kier molecular flexibility index (Phi) is 7.01. The van der Waals surface area contributed by atoms with Crippen molar-refractivity contribution in [1.82, 2.24) is 9.80 Å². The summed E-state index contributed by atoms with van der Waals surface area (Å²) >= 11 is 0. The number of carboxylic acid groups (broad SMARTS) is 1. The third kappa shape index (κ3) is 5.11. The molecule has 0 radical (unpaired) electrons. The quantitative estimate of drug-likeness (QED) is 0.499. The van der Waals surface area contributed by atoms with Gasteiger partial charge in [-0.15, -0.1) is 0 Å². The van der Waals surface area contributed by atoms with Crippen LogP contribution in [0.3, 0.4) is 0 Å². The number of hydrogen-bond acceptors (Lipinski definition) is 6. The molecule has 0 bridgehead atoms. The summed E-state index contributed by atoms with van der Waals surface area (Å²) in [5.41, 5.74) is 2.71. The number of rotatable bonds is 8. The monoisotopic (exact) mass is 502 g/mol. The molecule has 2 aliphatic rings. The zero-order valence-electron chi connectivity index (χ0n) is 20.9. The number of benzene rings is 3. The normalized spacial score (nSPS) is 20.5. The number of methoxy groups -OCH3 is 1. The smallest absolute Gasteiger partial charge is 0.309 e. The molecule has 1 amide bonds. The van der Waals surface area contributed by atoms with Gasteiger partial charge in [0, 0.05) is 32.1 Å². The zero-order chi connectivity index (χ0) is 25.9. The average molecular weight is 503 g/mol.